The van der Waals surface area contributed by atoms with E-state index in [0.717, 1.165) is 22.5 Å². The van der Waals surface area contributed by atoms with E-state index in [4.69, 9.17) is 5.73 Å². The molecule has 0 bridgehead atoms. The highest BCUT2D eigenvalue weighted by Gasteiger charge is 2.04. The fraction of sp³-hybridized carbons (Fsp3) is 0. The molecule has 0 saturated carbocycles. The number of nitrogen functional groups attached to an aromatic ring is 1. The molecule has 0 amide bonds. The van der Waals surface area contributed by atoms with Crippen molar-refractivity contribution in [3.05, 3.63) is 60.8 Å². The summed E-state index contributed by atoms with van der Waals surface area (Å²) in [7, 11) is 0. The summed E-state index contributed by atoms with van der Waals surface area (Å²) >= 11 is 0. The lowest BCUT2D eigenvalue weighted by Crippen LogP contribution is -1.94. The number of hydrogen-bond acceptors (Lipinski definition) is 4. The minimum Gasteiger partial charge on any atom is -0.399 e. The fourth-order valence-corrected chi connectivity index (χ4v) is 1.78. The molecule has 0 radical (unpaired) electrons. The van der Waals surface area contributed by atoms with E-state index in [9.17, 15) is 0 Å². The highest BCUT2D eigenvalue weighted by molar-refractivity contribution is 5.61. The fourth-order valence-electron chi connectivity index (χ4n) is 1.78. The maximum Gasteiger partial charge on any atom is 0.181 e. The summed E-state index contributed by atoms with van der Waals surface area (Å²) in [5.74, 6) is 0.597. The van der Waals surface area contributed by atoms with Crippen molar-refractivity contribution in [2.45, 2.75) is 0 Å². The van der Waals surface area contributed by atoms with E-state index in [2.05, 4.69) is 15.2 Å². The van der Waals surface area contributed by atoms with Gasteiger partial charge in [-0.3, -0.25) is 0 Å². The second-order valence-corrected chi connectivity index (χ2v) is 4.16. The Kier molecular flexibility index (Phi) is 2.90. The van der Waals surface area contributed by atoms with Crippen LogP contribution in [-0.4, -0.2) is 15.2 Å². The van der Waals surface area contributed by atoms with Gasteiger partial charge in [0.25, 0.3) is 0 Å². The normalized spacial score (nSPS) is 10.3. The zero-order valence-corrected chi connectivity index (χ0v) is 10.2. The largest absolute Gasteiger partial charge is 0.399 e. The van der Waals surface area contributed by atoms with Crippen LogP contribution in [0.3, 0.4) is 0 Å². The Morgan fingerprint density at radius 1 is 0.737 bits per heavy atom. The van der Waals surface area contributed by atoms with Gasteiger partial charge >= 0.3 is 0 Å². The Morgan fingerprint density at radius 2 is 1.47 bits per heavy atom. The van der Waals surface area contributed by atoms with Crippen molar-refractivity contribution in [3.63, 3.8) is 0 Å². The third kappa shape index (κ3) is 2.42. The van der Waals surface area contributed by atoms with Gasteiger partial charge < -0.3 is 5.73 Å². The van der Waals surface area contributed by atoms with E-state index in [1.165, 1.54) is 0 Å². The molecule has 0 spiro atoms. The van der Waals surface area contributed by atoms with Gasteiger partial charge in [-0.25, -0.2) is 4.98 Å². The monoisotopic (exact) mass is 248 g/mol. The number of benzene rings is 2. The maximum atomic E-state index is 5.65. The summed E-state index contributed by atoms with van der Waals surface area (Å²) in [5, 5.41) is 8.36. The van der Waals surface area contributed by atoms with Crippen LogP contribution in [0.25, 0.3) is 22.6 Å². The Labute approximate surface area is 111 Å². The first-order valence-corrected chi connectivity index (χ1v) is 5.94. The Morgan fingerprint density at radius 3 is 2.11 bits per heavy atom. The van der Waals surface area contributed by atoms with Gasteiger partial charge in [-0.1, -0.05) is 30.3 Å². The van der Waals surface area contributed by atoms with Gasteiger partial charge in [-0.05, 0) is 24.3 Å². The van der Waals surface area contributed by atoms with Gasteiger partial charge in [0.15, 0.2) is 5.82 Å². The molecule has 19 heavy (non-hydrogen) atoms. The van der Waals surface area contributed by atoms with Crippen molar-refractivity contribution in [1.29, 1.82) is 0 Å². The number of hydrogen-bond donors (Lipinski definition) is 1. The number of aromatic nitrogens is 3. The van der Waals surface area contributed by atoms with Crippen molar-refractivity contribution >= 4 is 5.69 Å². The SMILES string of the molecule is Nc1ccc(-c2ncc(-c3ccccc3)nn2)cc1. The molecule has 3 aromatic rings. The van der Waals surface area contributed by atoms with Crippen LogP contribution in [0.5, 0.6) is 0 Å². The zero-order valence-electron chi connectivity index (χ0n) is 10.2. The van der Waals surface area contributed by atoms with Gasteiger partial charge in [0.1, 0.15) is 5.69 Å². The van der Waals surface area contributed by atoms with Gasteiger partial charge in [0.2, 0.25) is 0 Å². The Hall–Kier alpha value is -2.75. The molecule has 1 aromatic heterocycles. The first kappa shape index (κ1) is 11.3. The van der Waals surface area contributed by atoms with Crippen LogP contribution >= 0.6 is 0 Å². The van der Waals surface area contributed by atoms with Crippen molar-refractivity contribution in [2.24, 2.45) is 0 Å². The van der Waals surface area contributed by atoms with Gasteiger partial charge in [0, 0.05) is 16.8 Å². The highest BCUT2D eigenvalue weighted by Crippen LogP contribution is 2.18. The lowest BCUT2D eigenvalue weighted by atomic mass is 10.1. The molecule has 0 aliphatic rings. The predicted molar refractivity (Wildman–Crippen MR) is 75.1 cm³/mol. The first-order chi connectivity index (χ1) is 9.33. The number of rotatable bonds is 2. The molecule has 1 heterocycles. The van der Waals surface area contributed by atoms with Crippen LogP contribution in [-0.2, 0) is 0 Å². The minimum atomic E-state index is 0.597. The number of anilines is 1. The minimum absolute atomic E-state index is 0.597. The van der Waals surface area contributed by atoms with E-state index in [1.807, 2.05) is 54.6 Å². The molecular weight excluding hydrogens is 236 g/mol. The van der Waals surface area contributed by atoms with Crippen molar-refractivity contribution in [3.8, 4) is 22.6 Å². The maximum absolute atomic E-state index is 5.65. The third-order valence-corrected chi connectivity index (χ3v) is 2.80. The molecule has 0 aliphatic heterocycles. The van der Waals surface area contributed by atoms with E-state index in [0.29, 0.717) is 5.82 Å². The van der Waals surface area contributed by atoms with E-state index < -0.39 is 0 Å². The topological polar surface area (TPSA) is 64.7 Å². The summed E-state index contributed by atoms with van der Waals surface area (Å²) < 4.78 is 0. The molecule has 0 saturated heterocycles. The van der Waals surface area contributed by atoms with Crippen molar-refractivity contribution in [2.75, 3.05) is 5.73 Å². The molecule has 92 valence electrons. The molecule has 0 unspecified atom stereocenters. The summed E-state index contributed by atoms with van der Waals surface area (Å²) in [6, 6.07) is 17.3. The first-order valence-electron chi connectivity index (χ1n) is 5.94. The average Bonchev–Trinajstić information content (AvgIpc) is 2.49. The third-order valence-electron chi connectivity index (χ3n) is 2.80. The summed E-state index contributed by atoms with van der Waals surface area (Å²) in [5.41, 5.74) is 9.04. The number of nitrogens with zero attached hydrogens (tertiary/aromatic N) is 3. The Bertz CT molecular complexity index is 661. The molecule has 0 fully saturated rings. The molecule has 2 aromatic carbocycles. The van der Waals surface area contributed by atoms with Crippen molar-refractivity contribution in [1.82, 2.24) is 15.2 Å². The molecule has 3 rings (SSSR count). The van der Waals surface area contributed by atoms with E-state index >= 15 is 0 Å². The van der Waals surface area contributed by atoms with Crippen LogP contribution in [0.1, 0.15) is 0 Å². The summed E-state index contributed by atoms with van der Waals surface area (Å²) in [6.07, 6.45) is 1.73. The molecule has 0 aliphatic carbocycles. The summed E-state index contributed by atoms with van der Waals surface area (Å²) in [4.78, 5) is 4.34. The second-order valence-electron chi connectivity index (χ2n) is 4.16. The van der Waals surface area contributed by atoms with Gasteiger partial charge in [0.05, 0.1) is 6.20 Å². The lowest BCUT2D eigenvalue weighted by Gasteiger charge is -2.02. The van der Waals surface area contributed by atoms with E-state index in [1.54, 1.807) is 6.20 Å². The summed E-state index contributed by atoms with van der Waals surface area (Å²) in [6.45, 7) is 0. The van der Waals surface area contributed by atoms with Crippen LogP contribution in [0.4, 0.5) is 5.69 Å². The van der Waals surface area contributed by atoms with Crippen LogP contribution in [0.15, 0.2) is 60.8 Å². The quantitative estimate of drug-likeness (QED) is 0.708. The molecular formula is C15H12N4. The lowest BCUT2D eigenvalue weighted by molar-refractivity contribution is 0.987. The smallest absolute Gasteiger partial charge is 0.181 e. The van der Waals surface area contributed by atoms with E-state index in [-0.39, 0.29) is 0 Å². The molecule has 4 nitrogen and oxygen atoms in total. The van der Waals surface area contributed by atoms with Gasteiger partial charge in [-0.2, -0.15) is 0 Å². The molecule has 2 N–H and O–H groups in total. The Balaban J connectivity index is 1.93. The van der Waals surface area contributed by atoms with Gasteiger partial charge in [-0.15, -0.1) is 10.2 Å². The second kappa shape index (κ2) is 4.86. The predicted octanol–water partition coefficient (Wildman–Crippen LogP) is 2.79. The number of nitrogens with two attached hydrogens (primary N) is 1. The van der Waals surface area contributed by atoms with Crippen molar-refractivity contribution < 1.29 is 0 Å². The van der Waals surface area contributed by atoms with Crippen LogP contribution < -0.4 is 5.73 Å². The highest BCUT2D eigenvalue weighted by atomic mass is 15.2. The molecule has 0 atom stereocenters. The van der Waals surface area contributed by atoms with Crippen LogP contribution in [0.2, 0.25) is 0 Å². The zero-order chi connectivity index (χ0) is 13.1. The standard InChI is InChI=1S/C15H12N4/c16-13-8-6-12(7-9-13)15-17-10-14(18-19-15)11-4-2-1-3-5-11/h1-10H,16H2. The van der Waals surface area contributed by atoms with Crippen LogP contribution in [0, 0.1) is 0 Å². The molecule has 4 heteroatoms. The average molecular weight is 248 g/mol.